The van der Waals surface area contributed by atoms with Crippen LogP contribution < -0.4 is 5.73 Å². The fourth-order valence-corrected chi connectivity index (χ4v) is 3.56. The van der Waals surface area contributed by atoms with E-state index >= 15 is 0 Å². The zero-order valence-electron chi connectivity index (χ0n) is 11.7. The van der Waals surface area contributed by atoms with Gasteiger partial charge in [-0.25, -0.2) is 0 Å². The van der Waals surface area contributed by atoms with Gasteiger partial charge in [-0.15, -0.1) is 11.8 Å². The minimum Gasteiger partial charge on any atom is -0.341 e. The molecule has 1 aromatic rings. The van der Waals surface area contributed by atoms with Gasteiger partial charge in [0.15, 0.2) is 0 Å². The maximum absolute atomic E-state index is 12.0. The highest BCUT2D eigenvalue weighted by atomic mass is 35.5. The zero-order valence-corrected chi connectivity index (χ0v) is 13.3. The van der Waals surface area contributed by atoms with E-state index in [0.29, 0.717) is 11.7 Å². The second-order valence-corrected chi connectivity index (χ2v) is 6.92. The summed E-state index contributed by atoms with van der Waals surface area (Å²) < 4.78 is 0. The number of carbonyl (C=O) groups is 1. The summed E-state index contributed by atoms with van der Waals surface area (Å²) in [6, 6.07) is 7.61. The predicted octanol–water partition coefficient (Wildman–Crippen LogP) is 3.16. The van der Waals surface area contributed by atoms with E-state index < -0.39 is 0 Å². The van der Waals surface area contributed by atoms with E-state index in [1.54, 1.807) is 0 Å². The second-order valence-electron chi connectivity index (χ2n) is 5.11. The lowest BCUT2D eigenvalue weighted by molar-refractivity contribution is -0.133. The molecule has 1 aliphatic heterocycles. The van der Waals surface area contributed by atoms with Crippen LogP contribution in [0.2, 0.25) is 5.02 Å². The molecule has 1 aromatic carbocycles. The number of hydrogen-bond acceptors (Lipinski definition) is 3. The van der Waals surface area contributed by atoms with Crippen molar-refractivity contribution in [3.05, 3.63) is 29.3 Å². The van der Waals surface area contributed by atoms with Gasteiger partial charge in [-0.05, 0) is 43.5 Å². The molecule has 0 aliphatic carbocycles. The number of hydrogen-bond donors (Lipinski definition) is 1. The van der Waals surface area contributed by atoms with Crippen LogP contribution in [0.4, 0.5) is 0 Å². The Kier molecular flexibility index (Phi) is 5.75. The first-order valence-corrected chi connectivity index (χ1v) is 8.32. The van der Waals surface area contributed by atoms with Gasteiger partial charge in [-0.3, -0.25) is 4.79 Å². The number of nitrogens with two attached hydrogens (primary N) is 1. The standard InChI is InChI=1S/C15H21ClN2OS/c1-2-14(17)15(19)18-9-7-13(8-10-18)20-12-5-3-11(16)4-6-12/h3-6,13-14H,2,7-10,17H2,1H3/t14-/m1/s1. The first-order valence-electron chi connectivity index (χ1n) is 7.06. The summed E-state index contributed by atoms with van der Waals surface area (Å²) in [5.41, 5.74) is 5.81. The van der Waals surface area contributed by atoms with E-state index in [-0.39, 0.29) is 11.9 Å². The Balaban J connectivity index is 1.82. The normalized spacial score (nSPS) is 18.1. The molecule has 1 saturated heterocycles. The molecular weight excluding hydrogens is 292 g/mol. The fraction of sp³-hybridized carbons (Fsp3) is 0.533. The van der Waals surface area contributed by atoms with Crippen LogP contribution >= 0.6 is 23.4 Å². The molecule has 0 radical (unpaired) electrons. The molecule has 0 unspecified atom stereocenters. The first-order chi connectivity index (χ1) is 9.60. The topological polar surface area (TPSA) is 46.3 Å². The smallest absolute Gasteiger partial charge is 0.239 e. The van der Waals surface area contributed by atoms with Crippen molar-refractivity contribution in [2.45, 2.75) is 42.4 Å². The number of amides is 1. The Morgan fingerprint density at radius 2 is 2.00 bits per heavy atom. The molecule has 5 heteroatoms. The Labute approximate surface area is 129 Å². The van der Waals surface area contributed by atoms with Gasteiger partial charge in [0.05, 0.1) is 6.04 Å². The van der Waals surface area contributed by atoms with Crippen LogP contribution in [0.1, 0.15) is 26.2 Å². The molecule has 3 nitrogen and oxygen atoms in total. The Bertz CT molecular complexity index is 444. The van der Waals surface area contributed by atoms with Gasteiger partial charge in [-0.2, -0.15) is 0 Å². The number of thioether (sulfide) groups is 1. The lowest BCUT2D eigenvalue weighted by atomic mass is 10.1. The average Bonchev–Trinajstić information content (AvgIpc) is 2.49. The minimum atomic E-state index is -0.338. The quantitative estimate of drug-likeness (QED) is 0.929. The minimum absolute atomic E-state index is 0.0995. The van der Waals surface area contributed by atoms with E-state index in [2.05, 4.69) is 12.1 Å². The second kappa shape index (κ2) is 7.34. The Morgan fingerprint density at radius 1 is 1.40 bits per heavy atom. The van der Waals surface area contributed by atoms with Crippen molar-refractivity contribution in [3.8, 4) is 0 Å². The van der Waals surface area contributed by atoms with Gasteiger partial charge in [0, 0.05) is 28.3 Å². The van der Waals surface area contributed by atoms with Crippen LogP contribution in [0.25, 0.3) is 0 Å². The van der Waals surface area contributed by atoms with E-state index in [0.717, 1.165) is 31.0 Å². The molecule has 0 saturated carbocycles. The summed E-state index contributed by atoms with van der Waals surface area (Å²) in [6.07, 6.45) is 2.75. The van der Waals surface area contributed by atoms with E-state index in [9.17, 15) is 4.79 Å². The summed E-state index contributed by atoms with van der Waals surface area (Å²) in [5, 5.41) is 1.33. The summed E-state index contributed by atoms with van der Waals surface area (Å²) in [6.45, 7) is 3.58. The highest BCUT2D eigenvalue weighted by Crippen LogP contribution is 2.31. The average molecular weight is 313 g/mol. The third-order valence-corrected chi connectivity index (χ3v) is 5.23. The number of benzene rings is 1. The van der Waals surface area contributed by atoms with Crippen molar-refractivity contribution < 1.29 is 4.79 Å². The van der Waals surface area contributed by atoms with Crippen LogP contribution in [-0.2, 0) is 4.79 Å². The third kappa shape index (κ3) is 4.14. The molecule has 20 heavy (non-hydrogen) atoms. The number of nitrogens with zero attached hydrogens (tertiary/aromatic N) is 1. The SMILES string of the molecule is CC[C@@H](N)C(=O)N1CCC(Sc2ccc(Cl)cc2)CC1. The summed E-state index contributed by atoms with van der Waals surface area (Å²) in [5.74, 6) is 0.0995. The Hall–Kier alpha value is -0.710. The maximum Gasteiger partial charge on any atom is 0.239 e. The third-order valence-electron chi connectivity index (χ3n) is 3.63. The van der Waals surface area contributed by atoms with Crippen molar-refractivity contribution in [3.63, 3.8) is 0 Å². The molecule has 0 bridgehead atoms. The van der Waals surface area contributed by atoms with Crippen LogP contribution in [0.15, 0.2) is 29.2 Å². The molecule has 2 rings (SSSR count). The number of carbonyl (C=O) groups excluding carboxylic acids is 1. The summed E-state index contributed by atoms with van der Waals surface area (Å²) >= 11 is 7.76. The molecule has 1 aliphatic rings. The first kappa shape index (κ1) is 15.7. The summed E-state index contributed by atoms with van der Waals surface area (Å²) in [4.78, 5) is 15.2. The highest BCUT2D eigenvalue weighted by Gasteiger charge is 2.25. The summed E-state index contributed by atoms with van der Waals surface area (Å²) in [7, 11) is 0. The number of likely N-dealkylation sites (tertiary alicyclic amines) is 1. The van der Waals surface area contributed by atoms with Gasteiger partial charge < -0.3 is 10.6 Å². The van der Waals surface area contributed by atoms with E-state index in [1.807, 2.05) is 35.7 Å². The number of piperidine rings is 1. The molecular formula is C15H21ClN2OS. The van der Waals surface area contributed by atoms with Crippen molar-refractivity contribution in [1.29, 1.82) is 0 Å². The number of halogens is 1. The molecule has 1 atom stereocenters. The number of rotatable bonds is 4. The highest BCUT2D eigenvalue weighted by molar-refractivity contribution is 8.00. The zero-order chi connectivity index (χ0) is 14.5. The van der Waals surface area contributed by atoms with E-state index in [4.69, 9.17) is 17.3 Å². The van der Waals surface area contributed by atoms with Crippen LogP contribution in [-0.4, -0.2) is 35.2 Å². The van der Waals surface area contributed by atoms with Crippen LogP contribution in [0, 0.1) is 0 Å². The van der Waals surface area contributed by atoms with Gasteiger partial charge in [0.2, 0.25) is 5.91 Å². The van der Waals surface area contributed by atoms with Crippen LogP contribution in [0.5, 0.6) is 0 Å². The molecule has 110 valence electrons. The molecule has 1 fully saturated rings. The lowest BCUT2D eigenvalue weighted by Crippen LogP contribution is -2.47. The van der Waals surface area contributed by atoms with Gasteiger partial charge in [0.1, 0.15) is 0 Å². The fourth-order valence-electron chi connectivity index (χ4n) is 2.31. The lowest BCUT2D eigenvalue weighted by Gasteiger charge is -2.33. The molecule has 0 spiro atoms. The van der Waals surface area contributed by atoms with Crippen molar-refractivity contribution in [1.82, 2.24) is 4.90 Å². The maximum atomic E-state index is 12.0. The molecule has 1 amide bonds. The monoisotopic (exact) mass is 312 g/mol. The molecule has 1 heterocycles. The van der Waals surface area contributed by atoms with Crippen molar-refractivity contribution >= 4 is 29.3 Å². The van der Waals surface area contributed by atoms with Gasteiger partial charge >= 0.3 is 0 Å². The molecule has 0 aromatic heterocycles. The van der Waals surface area contributed by atoms with Crippen molar-refractivity contribution in [2.24, 2.45) is 5.73 Å². The van der Waals surface area contributed by atoms with Gasteiger partial charge in [0.25, 0.3) is 0 Å². The van der Waals surface area contributed by atoms with Crippen LogP contribution in [0.3, 0.4) is 0 Å². The van der Waals surface area contributed by atoms with Crippen molar-refractivity contribution in [2.75, 3.05) is 13.1 Å². The largest absolute Gasteiger partial charge is 0.341 e. The van der Waals surface area contributed by atoms with Gasteiger partial charge in [-0.1, -0.05) is 18.5 Å². The predicted molar refractivity (Wildman–Crippen MR) is 85.2 cm³/mol. The Morgan fingerprint density at radius 3 is 2.55 bits per heavy atom. The molecule has 2 N–H and O–H groups in total. The van der Waals surface area contributed by atoms with E-state index in [1.165, 1.54) is 4.90 Å².